The number of piperidine rings is 1. The van der Waals surface area contributed by atoms with Crippen LogP contribution in [-0.2, 0) is 0 Å². The van der Waals surface area contributed by atoms with E-state index in [-0.39, 0.29) is 34.9 Å². The van der Waals surface area contributed by atoms with Crippen molar-refractivity contribution in [2.24, 2.45) is 0 Å². The number of aromatic nitrogens is 3. The molecule has 1 fully saturated rings. The molecule has 176 valence electrons. The van der Waals surface area contributed by atoms with Crippen molar-refractivity contribution in [3.05, 3.63) is 47.5 Å². The Morgan fingerprint density at radius 3 is 2.42 bits per heavy atom. The first-order valence-corrected chi connectivity index (χ1v) is 12.2. The normalized spacial score (nSPS) is 17.9. The number of rotatable bonds is 5. The molecule has 1 aliphatic heterocycles. The number of carbonyl (C=O) groups excluding carboxylic acids is 1. The minimum Gasteiger partial charge on any atom is -0.349 e. The maximum absolute atomic E-state index is 13.6. The Morgan fingerprint density at radius 2 is 1.82 bits per heavy atom. The Morgan fingerprint density at radius 1 is 1.18 bits per heavy atom. The molecule has 1 aromatic carbocycles. The van der Waals surface area contributed by atoms with Gasteiger partial charge in [-0.2, -0.15) is 0 Å². The van der Waals surface area contributed by atoms with Crippen LogP contribution in [0.15, 0.2) is 36.0 Å². The summed E-state index contributed by atoms with van der Waals surface area (Å²) in [4.78, 5) is 22.0. The molecule has 6 nitrogen and oxygen atoms in total. The number of hydrogen-bond donors (Lipinski definition) is 2. The smallest absolute Gasteiger partial charge is 0.270 e. The lowest BCUT2D eigenvalue weighted by Crippen LogP contribution is -2.57. The van der Waals surface area contributed by atoms with Crippen molar-refractivity contribution in [3.8, 4) is 22.0 Å². The lowest BCUT2D eigenvalue weighted by atomic mass is 9.79. The van der Waals surface area contributed by atoms with E-state index in [1.54, 1.807) is 17.5 Å². The highest BCUT2D eigenvalue weighted by Crippen LogP contribution is 2.41. The van der Waals surface area contributed by atoms with Crippen LogP contribution in [0.5, 0.6) is 0 Å². The molecule has 0 radical (unpaired) electrons. The van der Waals surface area contributed by atoms with Crippen LogP contribution in [-0.4, -0.2) is 37.6 Å². The van der Waals surface area contributed by atoms with Gasteiger partial charge in [0, 0.05) is 34.1 Å². The Kier molecular flexibility index (Phi) is 6.18. The summed E-state index contributed by atoms with van der Waals surface area (Å²) < 4.78 is 15.8. The second-order valence-corrected chi connectivity index (χ2v) is 11.3. The topological polar surface area (TPSA) is 71.8 Å². The fourth-order valence-electron chi connectivity index (χ4n) is 4.96. The number of thiazole rings is 1. The van der Waals surface area contributed by atoms with E-state index in [1.807, 2.05) is 20.2 Å². The summed E-state index contributed by atoms with van der Waals surface area (Å²) in [5.74, 6) is -0.477. The van der Waals surface area contributed by atoms with Crippen molar-refractivity contribution in [2.75, 3.05) is 0 Å². The Bertz CT molecular complexity index is 1130. The van der Waals surface area contributed by atoms with Crippen molar-refractivity contribution >= 4 is 17.2 Å². The number of amides is 1. The summed E-state index contributed by atoms with van der Waals surface area (Å²) in [7, 11) is 0. The van der Waals surface area contributed by atoms with E-state index >= 15 is 0 Å². The quantitative estimate of drug-likeness (QED) is 0.522. The van der Waals surface area contributed by atoms with Crippen LogP contribution in [0.25, 0.3) is 22.0 Å². The zero-order valence-electron chi connectivity index (χ0n) is 20.1. The SMILES string of the molecule is CC(C)NC(=O)c1csc(-c2c(-c3ccc(F)cc3)ncn2C2CC(C)(C)NC(C)(C)C2)n1. The monoisotopic (exact) mass is 469 g/mol. The van der Waals surface area contributed by atoms with E-state index in [2.05, 4.69) is 42.9 Å². The summed E-state index contributed by atoms with van der Waals surface area (Å²) in [6.45, 7) is 12.7. The third-order valence-electron chi connectivity index (χ3n) is 5.83. The molecule has 33 heavy (non-hydrogen) atoms. The molecule has 1 saturated heterocycles. The molecule has 0 atom stereocenters. The van der Waals surface area contributed by atoms with E-state index in [0.717, 1.165) is 34.8 Å². The van der Waals surface area contributed by atoms with Crippen molar-refractivity contribution in [1.82, 2.24) is 25.2 Å². The number of imidazole rings is 1. The largest absolute Gasteiger partial charge is 0.349 e. The Balaban J connectivity index is 1.82. The van der Waals surface area contributed by atoms with Gasteiger partial charge < -0.3 is 15.2 Å². The van der Waals surface area contributed by atoms with Gasteiger partial charge in [0.05, 0.1) is 12.0 Å². The van der Waals surface area contributed by atoms with Crippen LogP contribution in [0.2, 0.25) is 0 Å². The number of nitrogens with zero attached hydrogens (tertiary/aromatic N) is 3. The van der Waals surface area contributed by atoms with Crippen LogP contribution in [0.4, 0.5) is 4.39 Å². The van der Waals surface area contributed by atoms with Crippen LogP contribution < -0.4 is 10.6 Å². The van der Waals surface area contributed by atoms with Gasteiger partial charge in [-0.3, -0.25) is 4.79 Å². The van der Waals surface area contributed by atoms with Gasteiger partial charge in [0.2, 0.25) is 0 Å². The average Bonchev–Trinajstić information content (AvgIpc) is 3.33. The molecule has 1 amide bonds. The summed E-state index contributed by atoms with van der Waals surface area (Å²) in [6.07, 6.45) is 3.72. The maximum Gasteiger partial charge on any atom is 0.270 e. The average molecular weight is 470 g/mol. The van der Waals surface area contributed by atoms with E-state index in [4.69, 9.17) is 9.97 Å². The number of benzene rings is 1. The summed E-state index contributed by atoms with van der Waals surface area (Å²) in [6, 6.07) is 6.59. The second-order valence-electron chi connectivity index (χ2n) is 10.5. The fourth-order valence-corrected chi connectivity index (χ4v) is 5.80. The first-order valence-electron chi connectivity index (χ1n) is 11.3. The number of hydrogen-bond acceptors (Lipinski definition) is 5. The van der Waals surface area contributed by atoms with E-state index in [1.165, 1.54) is 23.5 Å². The van der Waals surface area contributed by atoms with Crippen molar-refractivity contribution in [1.29, 1.82) is 0 Å². The molecular formula is C25H32FN5OS. The van der Waals surface area contributed by atoms with Crippen LogP contribution in [0.1, 0.15) is 70.9 Å². The third-order valence-corrected chi connectivity index (χ3v) is 6.68. The van der Waals surface area contributed by atoms with Gasteiger partial charge in [0.25, 0.3) is 5.91 Å². The maximum atomic E-state index is 13.6. The summed E-state index contributed by atoms with van der Waals surface area (Å²) in [5, 5.41) is 9.15. The minimum atomic E-state index is -0.288. The highest BCUT2D eigenvalue weighted by molar-refractivity contribution is 7.13. The van der Waals surface area contributed by atoms with Crippen molar-refractivity contribution < 1.29 is 9.18 Å². The standard InChI is InChI=1S/C25H32FN5OS/c1-15(2)28-22(32)19-13-33-23(29-19)21-20(16-7-9-17(26)10-8-16)27-14-31(21)18-11-24(3,4)30-25(5,6)12-18/h7-10,13-15,18,30H,11-12H2,1-6H3,(H,28,32). The number of nitrogens with one attached hydrogen (secondary N) is 2. The van der Waals surface area contributed by atoms with E-state index in [0.29, 0.717) is 5.69 Å². The molecule has 0 spiro atoms. The Hall–Kier alpha value is -2.58. The molecule has 0 saturated carbocycles. The predicted octanol–water partition coefficient (Wildman–Crippen LogP) is 5.43. The lowest BCUT2D eigenvalue weighted by Gasteiger charge is -2.47. The molecule has 3 heterocycles. The van der Waals surface area contributed by atoms with Gasteiger partial charge in [-0.05, 0) is 78.6 Å². The molecule has 0 bridgehead atoms. The van der Waals surface area contributed by atoms with E-state index < -0.39 is 0 Å². The highest BCUT2D eigenvalue weighted by Gasteiger charge is 2.39. The van der Waals surface area contributed by atoms with Crippen LogP contribution in [0.3, 0.4) is 0 Å². The molecule has 1 aliphatic rings. The fraction of sp³-hybridized carbons (Fsp3) is 0.480. The van der Waals surface area contributed by atoms with Crippen molar-refractivity contribution in [3.63, 3.8) is 0 Å². The summed E-state index contributed by atoms with van der Waals surface area (Å²) >= 11 is 1.43. The van der Waals surface area contributed by atoms with Gasteiger partial charge in [0.15, 0.2) is 0 Å². The van der Waals surface area contributed by atoms with Gasteiger partial charge in [-0.1, -0.05) is 0 Å². The first kappa shape index (κ1) is 23.6. The zero-order chi connectivity index (χ0) is 24.0. The molecule has 8 heteroatoms. The second kappa shape index (κ2) is 8.65. The molecule has 4 rings (SSSR count). The molecule has 0 unspecified atom stereocenters. The summed E-state index contributed by atoms with van der Waals surface area (Å²) in [5.41, 5.74) is 2.74. The molecule has 2 aromatic heterocycles. The molecular weight excluding hydrogens is 437 g/mol. The third kappa shape index (κ3) is 5.17. The van der Waals surface area contributed by atoms with E-state index in [9.17, 15) is 9.18 Å². The zero-order valence-corrected chi connectivity index (χ0v) is 20.9. The Labute approximate surface area is 198 Å². The van der Waals surface area contributed by atoms with Gasteiger partial charge >= 0.3 is 0 Å². The predicted molar refractivity (Wildman–Crippen MR) is 131 cm³/mol. The van der Waals surface area contributed by atoms with Gasteiger partial charge in [-0.15, -0.1) is 11.3 Å². The van der Waals surface area contributed by atoms with Crippen LogP contribution >= 0.6 is 11.3 Å². The number of carbonyl (C=O) groups is 1. The van der Waals surface area contributed by atoms with Gasteiger partial charge in [0.1, 0.15) is 22.2 Å². The first-order chi connectivity index (χ1) is 15.4. The highest BCUT2D eigenvalue weighted by atomic mass is 32.1. The lowest BCUT2D eigenvalue weighted by molar-refractivity contribution is 0.0939. The molecule has 3 aromatic rings. The van der Waals surface area contributed by atoms with Crippen LogP contribution in [0, 0.1) is 5.82 Å². The number of halogens is 1. The molecule has 2 N–H and O–H groups in total. The molecule has 0 aliphatic carbocycles. The van der Waals surface area contributed by atoms with Gasteiger partial charge in [-0.25, -0.2) is 14.4 Å². The minimum absolute atomic E-state index is 0.0298. The van der Waals surface area contributed by atoms with Crippen molar-refractivity contribution in [2.45, 2.75) is 77.5 Å².